The van der Waals surface area contributed by atoms with Gasteiger partial charge in [-0.05, 0) is 40.5 Å². The molecule has 2 aromatic heterocycles. The summed E-state index contributed by atoms with van der Waals surface area (Å²) < 4.78 is 6.80. The van der Waals surface area contributed by atoms with Gasteiger partial charge in [0.25, 0.3) is 0 Å². The highest BCUT2D eigenvalue weighted by molar-refractivity contribution is 9.10. The minimum atomic E-state index is 0.568. The first-order valence-electron chi connectivity index (χ1n) is 5.88. The third kappa shape index (κ3) is 2.44. The zero-order valence-corrected chi connectivity index (χ0v) is 11.9. The zero-order valence-electron chi connectivity index (χ0n) is 10.3. The maximum absolute atomic E-state index is 5.83. The molecule has 0 fully saturated rings. The highest BCUT2D eigenvalue weighted by Crippen LogP contribution is 2.28. The van der Waals surface area contributed by atoms with E-state index in [1.54, 1.807) is 12.4 Å². The lowest BCUT2D eigenvalue weighted by atomic mass is 10.2. The van der Waals surface area contributed by atoms with Crippen molar-refractivity contribution in [1.29, 1.82) is 0 Å². The summed E-state index contributed by atoms with van der Waals surface area (Å²) in [4.78, 5) is 8.60. The average molecular weight is 315 g/mol. The van der Waals surface area contributed by atoms with Gasteiger partial charge < -0.3 is 4.74 Å². The van der Waals surface area contributed by atoms with E-state index in [1.807, 2.05) is 43.3 Å². The lowest BCUT2D eigenvalue weighted by Crippen LogP contribution is -1.91. The molecule has 1 aromatic carbocycles. The number of rotatable bonds is 2. The van der Waals surface area contributed by atoms with E-state index in [1.165, 1.54) is 0 Å². The first kappa shape index (κ1) is 12.1. The van der Waals surface area contributed by atoms with Crippen molar-refractivity contribution in [2.24, 2.45) is 0 Å². The molecule has 0 amide bonds. The van der Waals surface area contributed by atoms with Crippen LogP contribution >= 0.6 is 15.9 Å². The van der Waals surface area contributed by atoms with Gasteiger partial charge in [-0.2, -0.15) is 0 Å². The summed E-state index contributed by atoms with van der Waals surface area (Å²) in [6.07, 6.45) is 3.50. The Morgan fingerprint density at radius 2 is 1.95 bits per heavy atom. The van der Waals surface area contributed by atoms with Crippen molar-refractivity contribution in [3.8, 4) is 11.6 Å². The zero-order chi connectivity index (χ0) is 13.2. The van der Waals surface area contributed by atoms with Gasteiger partial charge in [-0.1, -0.05) is 18.2 Å². The number of halogens is 1. The molecule has 0 saturated heterocycles. The Morgan fingerprint density at radius 1 is 1.11 bits per heavy atom. The van der Waals surface area contributed by atoms with Crippen molar-refractivity contribution in [1.82, 2.24) is 9.97 Å². The molecule has 3 rings (SSSR count). The fourth-order valence-corrected chi connectivity index (χ4v) is 2.06. The maximum atomic E-state index is 5.83. The fraction of sp³-hybridized carbons (Fsp3) is 0.0667. The average Bonchev–Trinajstić information content (AvgIpc) is 2.43. The van der Waals surface area contributed by atoms with Crippen LogP contribution in [0.15, 0.2) is 53.3 Å². The number of hydrogen-bond donors (Lipinski definition) is 0. The molecular formula is C15H11BrN2O. The molecule has 3 aromatic rings. The van der Waals surface area contributed by atoms with E-state index in [4.69, 9.17) is 4.74 Å². The molecule has 0 bridgehead atoms. The van der Waals surface area contributed by atoms with Crippen molar-refractivity contribution in [3.05, 3.63) is 58.8 Å². The number of ether oxygens (including phenoxy) is 1. The van der Waals surface area contributed by atoms with Crippen molar-refractivity contribution < 1.29 is 4.74 Å². The van der Waals surface area contributed by atoms with Gasteiger partial charge in [0.1, 0.15) is 5.52 Å². The number of pyridine rings is 2. The van der Waals surface area contributed by atoms with Crippen molar-refractivity contribution in [3.63, 3.8) is 0 Å². The van der Waals surface area contributed by atoms with Crippen LogP contribution in [0.1, 0.15) is 5.56 Å². The van der Waals surface area contributed by atoms with Crippen LogP contribution in [0, 0.1) is 6.92 Å². The number of benzene rings is 1. The van der Waals surface area contributed by atoms with Crippen LogP contribution in [0.25, 0.3) is 10.9 Å². The van der Waals surface area contributed by atoms with Crippen LogP contribution in [0.4, 0.5) is 0 Å². The second kappa shape index (κ2) is 4.97. The molecule has 2 heterocycles. The summed E-state index contributed by atoms with van der Waals surface area (Å²) in [5, 5.41) is 1.05. The van der Waals surface area contributed by atoms with Gasteiger partial charge in [-0.3, -0.25) is 4.98 Å². The third-order valence-electron chi connectivity index (χ3n) is 2.83. The predicted octanol–water partition coefficient (Wildman–Crippen LogP) is 4.49. The van der Waals surface area contributed by atoms with Crippen LogP contribution in [0.2, 0.25) is 0 Å². The van der Waals surface area contributed by atoms with Crippen molar-refractivity contribution in [2.75, 3.05) is 0 Å². The Labute approximate surface area is 119 Å². The molecule has 0 aliphatic rings. The second-order valence-corrected chi connectivity index (χ2v) is 5.06. The third-order valence-corrected chi connectivity index (χ3v) is 3.66. The quantitative estimate of drug-likeness (QED) is 0.699. The van der Waals surface area contributed by atoms with Crippen LogP contribution in [-0.2, 0) is 0 Å². The summed E-state index contributed by atoms with van der Waals surface area (Å²) in [5.41, 5.74) is 1.92. The topological polar surface area (TPSA) is 35.0 Å². The number of hydrogen-bond acceptors (Lipinski definition) is 3. The first-order chi connectivity index (χ1) is 9.24. The number of nitrogens with zero attached hydrogens (tertiary/aromatic N) is 2. The van der Waals surface area contributed by atoms with Crippen LogP contribution in [-0.4, -0.2) is 9.97 Å². The Hall–Kier alpha value is -1.94. The van der Waals surface area contributed by atoms with E-state index in [2.05, 4.69) is 25.9 Å². The predicted molar refractivity (Wildman–Crippen MR) is 78.5 cm³/mol. The molecule has 19 heavy (non-hydrogen) atoms. The standard InChI is InChI=1S/C15H11BrN2O/c1-10-8-14(18-9-12(10)16)19-13-6-2-4-11-5-3-7-17-15(11)13/h2-9H,1H3. The van der Waals surface area contributed by atoms with Gasteiger partial charge in [0.15, 0.2) is 5.75 Å². The highest BCUT2D eigenvalue weighted by Gasteiger charge is 2.06. The van der Waals surface area contributed by atoms with Gasteiger partial charge in [0, 0.05) is 28.3 Å². The van der Waals surface area contributed by atoms with Crippen LogP contribution in [0.3, 0.4) is 0 Å². The summed E-state index contributed by atoms with van der Waals surface area (Å²) in [7, 11) is 0. The maximum Gasteiger partial charge on any atom is 0.219 e. The minimum absolute atomic E-state index is 0.568. The molecule has 0 atom stereocenters. The van der Waals surface area contributed by atoms with E-state index in [9.17, 15) is 0 Å². The molecule has 0 spiro atoms. The summed E-state index contributed by atoms with van der Waals surface area (Å²) in [6.45, 7) is 2.00. The van der Waals surface area contributed by atoms with Gasteiger partial charge >= 0.3 is 0 Å². The molecular weight excluding hydrogens is 304 g/mol. The fourth-order valence-electron chi connectivity index (χ4n) is 1.84. The normalized spacial score (nSPS) is 10.6. The monoisotopic (exact) mass is 314 g/mol. The van der Waals surface area contributed by atoms with Crippen molar-refractivity contribution in [2.45, 2.75) is 6.92 Å². The Balaban J connectivity index is 2.03. The van der Waals surface area contributed by atoms with E-state index in [-0.39, 0.29) is 0 Å². The smallest absolute Gasteiger partial charge is 0.219 e. The number of fused-ring (bicyclic) bond motifs is 1. The van der Waals surface area contributed by atoms with Gasteiger partial charge in [0.2, 0.25) is 5.88 Å². The van der Waals surface area contributed by atoms with Crippen LogP contribution in [0.5, 0.6) is 11.6 Å². The van der Waals surface area contributed by atoms with Gasteiger partial charge in [-0.25, -0.2) is 4.98 Å². The largest absolute Gasteiger partial charge is 0.437 e. The van der Waals surface area contributed by atoms with Crippen LogP contribution < -0.4 is 4.74 Å². The van der Waals surface area contributed by atoms with E-state index in [0.29, 0.717) is 11.6 Å². The second-order valence-electron chi connectivity index (χ2n) is 4.21. The van der Waals surface area contributed by atoms with Gasteiger partial charge in [0.05, 0.1) is 0 Å². The molecule has 0 N–H and O–H groups in total. The molecule has 4 heteroatoms. The van der Waals surface area contributed by atoms with E-state index < -0.39 is 0 Å². The molecule has 0 saturated carbocycles. The van der Waals surface area contributed by atoms with Gasteiger partial charge in [-0.15, -0.1) is 0 Å². The number of para-hydroxylation sites is 1. The SMILES string of the molecule is Cc1cc(Oc2cccc3cccnc23)ncc1Br. The number of aromatic nitrogens is 2. The molecule has 0 aliphatic carbocycles. The highest BCUT2D eigenvalue weighted by atomic mass is 79.9. The molecule has 94 valence electrons. The Morgan fingerprint density at radius 3 is 2.79 bits per heavy atom. The molecule has 0 radical (unpaired) electrons. The lowest BCUT2D eigenvalue weighted by molar-refractivity contribution is 0.466. The Bertz CT molecular complexity index is 738. The summed E-state index contributed by atoms with van der Waals surface area (Å²) >= 11 is 3.42. The number of aryl methyl sites for hydroxylation is 1. The van der Waals surface area contributed by atoms with Crippen molar-refractivity contribution >= 4 is 26.8 Å². The van der Waals surface area contributed by atoms with E-state index in [0.717, 1.165) is 20.9 Å². The Kier molecular flexibility index (Phi) is 3.17. The molecule has 0 aliphatic heterocycles. The van der Waals surface area contributed by atoms with E-state index >= 15 is 0 Å². The molecule has 0 unspecified atom stereocenters. The molecule has 3 nitrogen and oxygen atoms in total. The lowest BCUT2D eigenvalue weighted by Gasteiger charge is -2.08. The minimum Gasteiger partial charge on any atom is -0.437 e. The summed E-state index contributed by atoms with van der Waals surface area (Å²) in [6, 6.07) is 11.7. The summed E-state index contributed by atoms with van der Waals surface area (Å²) in [5.74, 6) is 1.28. The first-order valence-corrected chi connectivity index (χ1v) is 6.67.